The fraction of sp³-hybridized carbons (Fsp3) is 0.300. The van der Waals surface area contributed by atoms with Crippen LogP contribution in [0.3, 0.4) is 0 Å². The Kier molecular flexibility index (Phi) is 5.12. The molecule has 1 unspecified atom stereocenters. The summed E-state index contributed by atoms with van der Waals surface area (Å²) in [6.07, 6.45) is 1.85. The summed E-state index contributed by atoms with van der Waals surface area (Å²) in [5, 5.41) is 0. The summed E-state index contributed by atoms with van der Waals surface area (Å²) in [5.74, 6) is -0.596. The second-order valence-corrected chi connectivity index (χ2v) is 6.47. The lowest BCUT2D eigenvalue weighted by Crippen LogP contribution is -2.43. The average Bonchev–Trinajstić information content (AvgIpc) is 2.64. The van der Waals surface area contributed by atoms with E-state index in [9.17, 15) is 14.0 Å². The summed E-state index contributed by atoms with van der Waals surface area (Å²) in [7, 11) is 0. The maximum absolute atomic E-state index is 13.0. The summed E-state index contributed by atoms with van der Waals surface area (Å²) in [4.78, 5) is 26.9. The molecule has 1 aliphatic rings. The quantitative estimate of drug-likeness (QED) is 0.687. The maximum atomic E-state index is 13.0. The van der Waals surface area contributed by atoms with Crippen molar-refractivity contribution in [3.63, 3.8) is 0 Å². The Bertz CT molecular complexity index is 756. The molecule has 0 aromatic heterocycles. The molecule has 0 bridgehead atoms. The number of rotatable bonds is 4. The van der Waals surface area contributed by atoms with E-state index in [1.807, 2.05) is 12.1 Å². The van der Waals surface area contributed by atoms with Crippen molar-refractivity contribution in [3.8, 4) is 0 Å². The molecular weight excluding hydrogens is 319 g/mol. The lowest BCUT2D eigenvalue weighted by Gasteiger charge is -2.32. The molecule has 2 aromatic rings. The molecule has 3 rings (SSSR count). The molecule has 1 saturated heterocycles. The Morgan fingerprint density at radius 3 is 2.44 bits per heavy atom. The molecule has 2 N–H and O–H groups in total. The number of hydrogen-bond acceptors (Lipinski definition) is 3. The standard InChI is InChI=1S/C20H21FN2O2/c21-17-7-5-15(6-8-17)20(25)16-2-1-11-23(13-16)19(24)12-14-3-9-18(22)10-4-14/h3-10,16H,1-2,11-13,22H2. The fourth-order valence-electron chi connectivity index (χ4n) is 3.19. The number of benzene rings is 2. The minimum Gasteiger partial charge on any atom is -0.399 e. The average molecular weight is 340 g/mol. The van der Waals surface area contributed by atoms with Crippen LogP contribution in [0.15, 0.2) is 48.5 Å². The van der Waals surface area contributed by atoms with Crippen molar-refractivity contribution >= 4 is 17.4 Å². The minimum atomic E-state index is -0.361. The maximum Gasteiger partial charge on any atom is 0.227 e. The summed E-state index contributed by atoms with van der Waals surface area (Å²) >= 11 is 0. The minimum absolute atomic E-state index is 0.0152. The lowest BCUT2D eigenvalue weighted by molar-refractivity contribution is -0.131. The third-order valence-corrected chi connectivity index (χ3v) is 4.61. The zero-order chi connectivity index (χ0) is 17.8. The van der Waals surface area contributed by atoms with Gasteiger partial charge in [0.15, 0.2) is 5.78 Å². The summed E-state index contributed by atoms with van der Waals surface area (Å²) in [5.41, 5.74) is 7.73. The molecule has 0 aliphatic carbocycles. The zero-order valence-corrected chi connectivity index (χ0v) is 14.0. The lowest BCUT2D eigenvalue weighted by atomic mass is 9.89. The molecule has 4 nitrogen and oxygen atoms in total. The van der Waals surface area contributed by atoms with Gasteiger partial charge >= 0.3 is 0 Å². The molecule has 0 spiro atoms. The van der Waals surface area contributed by atoms with Crippen molar-refractivity contribution in [1.82, 2.24) is 4.90 Å². The number of anilines is 1. The van der Waals surface area contributed by atoms with Crippen molar-refractivity contribution in [2.24, 2.45) is 5.92 Å². The van der Waals surface area contributed by atoms with E-state index in [0.717, 1.165) is 18.4 Å². The second kappa shape index (κ2) is 7.47. The molecule has 0 saturated carbocycles. The number of carbonyl (C=O) groups excluding carboxylic acids is 2. The number of ketones is 1. The molecule has 1 aliphatic heterocycles. The number of Topliss-reactive ketones (excluding diaryl/α,β-unsaturated/α-hetero) is 1. The van der Waals surface area contributed by atoms with E-state index in [4.69, 9.17) is 5.73 Å². The Balaban J connectivity index is 1.63. The largest absolute Gasteiger partial charge is 0.399 e. The van der Waals surface area contributed by atoms with Gasteiger partial charge in [-0.05, 0) is 54.8 Å². The van der Waals surface area contributed by atoms with E-state index in [1.54, 1.807) is 17.0 Å². The molecule has 0 radical (unpaired) electrons. The molecule has 1 heterocycles. The number of likely N-dealkylation sites (tertiary alicyclic amines) is 1. The highest BCUT2D eigenvalue weighted by Crippen LogP contribution is 2.22. The Morgan fingerprint density at radius 1 is 1.08 bits per heavy atom. The van der Waals surface area contributed by atoms with Crippen LogP contribution in [0, 0.1) is 11.7 Å². The van der Waals surface area contributed by atoms with Crippen LogP contribution in [0.1, 0.15) is 28.8 Å². The van der Waals surface area contributed by atoms with Gasteiger partial charge in [-0.3, -0.25) is 9.59 Å². The molecule has 1 atom stereocenters. The predicted molar refractivity (Wildman–Crippen MR) is 94.6 cm³/mol. The predicted octanol–water partition coefficient (Wildman–Crippen LogP) is 3.07. The number of nitrogen functional groups attached to an aromatic ring is 1. The highest BCUT2D eigenvalue weighted by atomic mass is 19.1. The van der Waals surface area contributed by atoms with Crippen molar-refractivity contribution in [2.75, 3.05) is 18.8 Å². The summed E-state index contributed by atoms with van der Waals surface area (Å²) in [6, 6.07) is 12.8. The monoisotopic (exact) mass is 340 g/mol. The highest BCUT2D eigenvalue weighted by Gasteiger charge is 2.28. The first-order valence-corrected chi connectivity index (χ1v) is 8.45. The number of amides is 1. The Labute approximate surface area is 146 Å². The zero-order valence-electron chi connectivity index (χ0n) is 14.0. The van der Waals surface area contributed by atoms with Crippen molar-refractivity contribution in [3.05, 3.63) is 65.5 Å². The van der Waals surface area contributed by atoms with Crippen molar-refractivity contribution in [2.45, 2.75) is 19.3 Å². The number of hydrogen-bond donors (Lipinski definition) is 1. The van der Waals surface area contributed by atoms with Crippen LogP contribution in [-0.4, -0.2) is 29.7 Å². The first-order valence-electron chi connectivity index (χ1n) is 8.45. The summed E-state index contributed by atoms with van der Waals surface area (Å²) < 4.78 is 13.0. The van der Waals surface area contributed by atoms with E-state index in [-0.39, 0.29) is 23.4 Å². The molecule has 130 valence electrons. The van der Waals surface area contributed by atoms with E-state index < -0.39 is 0 Å². The van der Waals surface area contributed by atoms with Gasteiger partial charge < -0.3 is 10.6 Å². The van der Waals surface area contributed by atoms with Crippen molar-refractivity contribution < 1.29 is 14.0 Å². The smallest absolute Gasteiger partial charge is 0.227 e. The second-order valence-electron chi connectivity index (χ2n) is 6.47. The molecular formula is C20H21FN2O2. The Hall–Kier alpha value is -2.69. The van der Waals surface area contributed by atoms with Gasteiger partial charge in [0.2, 0.25) is 5.91 Å². The number of halogens is 1. The number of nitrogens with zero attached hydrogens (tertiary/aromatic N) is 1. The van der Waals surface area contributed by atoms with Crippen LogP contribution >= 0.6 is 0 Å². The molecule has 1 amide bonds. The summed E-state index contributed by atoms with van der Waals surface area (Å²) in [6.45, 7) is 1.09. The van der Waals surface area contributed by atoms with Crippen LogP contribution in [0.25, 0.3) is 0 Å². The van der Waals surface area contributed by atoms with Gasteiger partial charge in [0.1, 0.15) is 5.82 Å². The molecule has 25 heavy (non-hydrogen) atoms. The molecule has 2 aromatic carbocycles. The van der Waals surface area contributed by atoms with Gasteiger partial charge in [0, 0.05) is 30.3 Å². The van der Waals surface area contributed by atoms with Crippen LogP contribution < -0.4 is 5.73 Å². The van der Waals surface area contributed by atoms with Gasteiger partial charge in [0.25, 0.3) is 0 Å². The van der Waals surface area contributed by atoms with E-state index in [2.05, 4.69) is 0 Å². The van der Waals surface area contributed by atoms with Gasteiger partial charge in [-0.2, -0.15) is 0 Å². The SMILES string of the molecule is Nc1ccc(CC(=O)N2CCCC(C(=O)c3ccc(F)cc3)C2)cc1. The van der Waals surface area contributed by atoms with Gasteiger partial charge in [-0.15, -0.1) is 0 Å². The van der Waals surface area contributed by atoms with Crippen LogP contribution in [0.2, 0.25) is 0 Å². The fourth-order valence-corrected chi connectivity index (χ4v) is 3.19. The Morgan fingerprint density at radius 2 is 1.76 bits per heavy atom. The van der Waals surface area contributed by atoms with Crippen LogP contribution in [0.4, 0.5) is 10.1 Å². The molecule has 5 heteroatoms. The number of carbonyl (C=O) groups is 2. The molecule has 1 fully saturated rings. The van der Waals surface area contributed by atoms with Crippen LogP contribution in [-0.2, 0) is 11.2 Å². The van der Waals surface area contributed by atoms with Gasteiger partial charge in [-0.1, -0.05) is 12.1 Å². The first-order chi connectivity index (χ1) is 12.0. The van der Waals surface area contributed by atoms with Gasteiger partial charge in [0.05, 0.1) is 6.42 Å². The van der Waals surface area contributed by atoms with E-state index in [1.165, 1.54) is 24.3 Å². The third kappa shape index (κ3) is 4.24. The van der Waals surface area contributed by atoms with E-state index in [0.29, 0.717) is 30.8 Å². The number of nitrogens with two attached hydrogens (primary N) is 1. The third-order valence-electron chi connectivity index (χ3n) is 4.61. The number of piperidine rings is 1. The van der Waals surface area contributed by atoms with E-state index >= 15 is 0 Å². The normalized spacial score (nSPS) is 17.3. The highest BCUT2D eigenvalue weighted by molar-refractivity contribution is 5.98. The van der Waals surface area contributed by atoms with Crippen molar-refractivity contribution in [1.29, 1.82) is 0 Å². The van der Waals surface area contributed by atoms with Crippen LogP contribution in [0.5, 0.6) is 0 Å². The topological polar surface area (TPSA) is 63.4 Å². The van der Waals surface area contributed by atoms with Gasteiger partial charge in [-0.25, -0.2) is 4.39 Å². The first kappa shape index (κ1) is 17.1.